The summed E-state index contributed by atoms with van der Waals surface area (Å²) in [5, 5.41) is 14.2. The molecule has 3 N–H and O–H groups in total. The summed E-state index contributed by atoms with van der Waals surface area (Å²) in [5.74, 6) is 4.62. The molecular weight excluding hydrogens is 560 g/mol. The zero-order valence-corrected chi connectivity index (χ0v) is 21.4. The lowest BCUT2D eigenvalue weighted by Gasteiger charge is -2.21. The van der Waals surface area contributed by atoms with Gasteiger partial charge in [0.15, 0.2) is 5.82 Å². The van der Waals surface area contributed by atoms with Gasteiger partial charge in [-0.3, -0.25) is 0 Å². The Morgan fingerprint density at radius 3 is 2.64 bits per heavy atom. The fourth-order valence-electron chi connectivity index (χ4n) is 3.20. The van der Waals surface area contributed by atoms with E-state index in [-0.39, 0.29) is 18.5 Å². The SMILES string of the molecule is Fc1cccc(COc2ccc(Nc3ncnc4cc(C#C[C@@H]5CCN5)sc34)cc2Cl)c1.O=C(O)C(F)(F)F. The van der Waals surface area contributed by atoms with E-state index in [1.54, 1.807) is 35.6 Å². The zero-order chi connectivity index (χ0) is 28.0. The van der Waals surface area contributed by atoms with Gasteiger partial charge in [0.05, 0.1) is 26.2 Å². The number of ether oxygens (including phenoxy) is 1. The molecule has 13 heteroatoms. The minimum Gasteiger partial charge on any atom is -0.487 e. The predicted molar refractivity (Wildman–Crippen MR) is 140 cm³/mol. The van der Waals surface area contributed by atoms with Gasteiger partial charge in [-0.05, 0) is 54.9 Å². The van der Waals surface area contributed by atoms with Crippen LogP contribution in [0.15, 0.2) is 54.9 Å². The Morgan fingerprint density at radius 2 is 2.00 bits per heavy atom. The molecule has 1 aliphatic rings. The molecule has 0 saturated carbocycles. The predicted octanol–water partition coefficient (Wildman–Crippen LogP) is 6.15. The fourth-order valence-corrected chi connectivity index (χ4v) is 4.35. The standard InChI is InChI=1S/C24H18ClFN4OS.C2HF3O2/c25-20-11-18(5-7-22(20)31-13-15-2-1-3-16(26)10-15)30-24-23-21(28-14-29-24)12-19(32-23)6-4-17-8-9-27-17;3-2(4,5)1(6)7/h1-3,5,7,10-12,14,17,27H,8-9,13H2,(H,28,29,30);(H,6,7)/t17-;/m1./s1. The molecule has 0 unspecified atom stereocenters. The van der Waals surface area contributed by atoms with Gasteiger partial charge in [-0.25, -0.2) is 19.2 Å². The Morgan fingerprint density at radius 1 is 1.23 bits per heavy atom. The Kier molecular flexibility index (Phi) is 8.86. The first-order valence-corrected chi connectivity index (χ1v) is 12.5. The van der Waals surface area contributed by atoms with E-state index in [0.717, 1.165) is 39.3 Å². The number of halogens is 5. The number of aromatic nitrogens is 2. The largest absolute Gasteiger partial charge is 0.490 e. The number of thiophene rings is 1. The number of carboxylic acids is 1. The molecule has 5 rings (SSSR count). The van der Waals surface area contributed by atoms with Gasteiger partial charge in [0, 0.05) is 5.69 Å². The highest BCUT2D eigenvalue weighted by molar-refractivity contribution is 7.20. The van der Waals surface area contributed by atoms with Crippen LogP contribution in [0.5, 0.6) is 5.75 Å². The summed E-state index contributed by atoms with van der Waals surface area (Å²) in [7, 11) is 0. The molecule has 1 aliphatic heterocycles. The van der Waals surface area contributed by atoms with Crippen molar-refractivity contribution < 1.29 is 32.2 Å². The van der Waals surface area contributed by atoms with Crippen molar-refractivity contribution in [2.45, 2.75) is 25.2 Å². The van der Waals surface area contributed by atoms with Crippen LogP contribution in [0.2, 0.25) is 5.02 Å². The lowest BCUT2D eigenvalue weighted by molar-refractivity contribution is -0.192. The Bertz CT molecular complexity index is 1550. The number of carboxylic acid groups (broad SMARTS) is 1. The van der Waals surface area contributed by atoms with E-state index >= 15 is 0 Å². The molecule has 2 aromatic heterocycles. The highest BCUT2D eigenvalue weighted by atomic mass is 35.5. The van der Waals surface area contributed by atoms with Gasteiger partial charge in [-0.2, -0.15) is 13.2 Å². The van der Waals surface area contributed by atoms with Crippen molar-refractivity contribution in [2.75, 3.05) is 11.9 Å². The number of nitrogens with zero attached hydrogens (tertiary/aromatic N) is 2. The van der Waals surface area contributed by atoms with Crippen LogP contribution in [-0.4, -0.2) is 39.8 Å². The van der Waals surface area contributed by atoms with Crippen molar-refractivity contribution in [2.24, 2.45) is 0 Å². The first kappa shape index (κ1) is 28.1. The van der Waals surface area contributed by atoms with E-state index < -0.39 is 12.1 Å². The molecule has 3 heterocycles. The molecule has 1 atom stereocenters. The second-order valence-corrected chi connectivity index (χ2v) is 9.56. The zero-order valence-electron chi connectivity index (χ0n) is 19.9. The third-order valence-electron chi connectivity index (χ3n) is 5.23. The van der Waals surface area contributed by atoms with Crippen molar-refractivity contribution >= 4 is 50.6 Å². The van der Waals surface area contributed by atoms with Gasteiger partial charge < -0.3 is 20.5 Å². The summed E-state index contributed by atoms with van der Waals surface area (Å²) in [5.41, 5.74) is 2.35. The number of alkyl halides is 3. The topological polar surface area (TPSA) is 96.4 Å². The number of rotatable bonds is 5. The van der Waals surface area contributed by atoms with E-state index in [9.17, 15) is 17.6 Å². The molecule has 0 radical (unpaired) electrons. The third-order valence-corrected chi connectivity index (χ3v) is 6.57. The maximum Gasteiger partial charge on any atom is 0.490 e. The van der Waals surface area contributed by atoms with Crippen LogP contribution in [0, 0.1) is 17.7 Å². The maximum atomic E-state index is 13.3. The number of hydrogen-bond acceptors (Lipinski definition) is 7. The van der Waals surface area contributed by atoms with E-state index in [4.69, 9.17) is 26.2 Å². The summed E-state index contributed by atoms with van der Waals surface area (Å²) in [6.07, 6.45) is -2.46. The number of anilines is 2. The van der Waals surface area contributed by atoms with Gasteiger partial charge in [-0.1, -0.05) is 35.6 Å². The minimum atomic E-state index is -5.08. The van der Waals surface area contributed by atoms with Crippen molar-refractivity contribution in [3.8, 4) is 17.6 Å². The highest BCUT2D eigenvalue weighted by Gasteiger charge is 2.38. The Labute approximate surface area is 228 Å². The molecule has 1 saturated heterocycles. The van der Waals surface area contributed by atoms with Gasteiger partial charge in [0.1, 0.15) is 24.5 Å². The van der Waals surface area contributed by atoms with Crippen LogP contribution in [0.4, 0.5) is 29.1 Å². The average Bonchev–Trinajstić information content (AvgIpc) is 3.27. The number of hydrogen-bond donors (Lipinski definition) is 3. The average molecular weight is 579 g/mol. The van der Waals surface area contributed by atoms with Crippen molar-refractivity contribution in [1.82, 2.24) is 15.3 Å². The van der Waals surface area contributed by atoms with Crippen LogP contribution in [0.25, 0.3) is 10.2 Å². The van der Waals surface area contributed by atoms with Crippen LogP contribution in [0.1, 0.15) is 16.9 Å². The van der Waals surface area contributed by atoms with Gasteiger partial charge in [-0.15, -0.1) is 11.3 Å². The highest BCUT2D eigenvalue weighted by Crippen LogP contribution is 2.33. The third kappa shape index (κ3) is 7.79. The molecule has 202 valence electrons. The molecule has 7 nitrogen and oxygen atoms in total. The Balaban J connectivity index is 0.000000448. The molecule has 1 fully saturated rings. The lowest BCUT2D eigenvalue weighted by Crippen LogP contribution is -2.41. The second kappa shape index (κ2) is 12.3. The van der Waals surface area contributed by atoms with Crippen LogP contribution < -0.4 is 15.4 Å². The first-order valence-electron chi connectivity index (χ1n) is 11.3. The first-order chi connectivity index (χ1) is 18.6. The van der Waals surface area contributed by atoms with E-state index in [1.807, 2.05) is 12.1 Å². The van der Waals surface area contributed by atoms with E-state index in [2.05, 4.69) is 32.4 Å². The number of carbonyl (C=O) groups is 1. The summed E-state index contributed by atoms with van der Waals surface area (Å²) < 4.78 is 51.7. The molecule has 39 heavy (non-hydrogen) atoms. The van der Waals surface area contributed by atoms with Crippen LogP contribution in [0.3, 0.4) is 0 Å². The normalized spacial score (nSPS) is 14.3. The number of fused-ring (bicyclic) bond motifs is 1. The molecule has 0 amide bonds. The van der Waals surface area contributed by atoms with Gasteiger partial charge >= 0.3 is 12.1 Å². The summed E-state index contributed by atoms with van der Waals surface area (Å²) in [6, 6.07) is 14.0. The lowest BCUT2D eigenvalue weighted by atomic mass is 10.1. The monoisotopic (exact) mass is 578 g/mol. The minimum absolute atomic E-state index is 0.228. The number of aliphatic carboxylic acids is 1. The fraction of sp³-hybridized carbons (Fsp3) is 0.192. The van der Waals surface area contributed by atoms with Crippen molar-refractivity contribution in [1.29, 1.82) is 0 Å². The van der Waals surface area contributed by atoms with E-state index in [0.29, 0.717) is 16.6 Å². The smallest absolute Gasteiger partial charge is 0.487 e. The molecular formula is C26H19ClF4N4O3S. The van der Waals surface area contributed by atoms with E-state index in [1.165, 1.54) is 18.5 Å². The number of nitrogens with one attached hydrogen (secondary N) is 2. The van der Waals surface area contributed by atoms with Gasteiger partial charge in [0.2, 0.25) is 0 Å². The maximum absolute atomic E-state index is 13.3. The van der Waals surface area contributed by atoms with Crippen LogP contribution in [-0.2, 0) is 11.4 Å². The summed E-state index contributed by atoms with van der Waals surface area (Å²) in [6.45, 7) is 1.26. The molecule has 0 spiro atoms. The van der Waals surface area contributed by atoms with Crippen LogP contribution >= 0.6 is 22.9 Å². The van der Waals surface area contributed by atoms with Crippen molar-refractivity contribution in [3.05, 3.63) is 76.1 Å². The quantitative estimate of drug-likeness (QED) is 0.193. The Hall–Kier alpha value is -3.92. The second-order valence-electron chi connectivity index (χ2n) is 8.10. The number of benzene rings is 2. The molecule has 4 aromatic rings. The molecule has 2 aromatic carbocycles. The van der Waals surface area contributed by atoms with Crippen molar-refractivity contribution in [3.63, 3.8) is 0 Å². The summed E-state index contributed by atoms with van der Waals surface area (Å²) >= 11 is 7.97. The van der Waals surface area contributed by atoms with Gasteiger partial charge in [0.25, 0.3) is 0 Å². The molecule has 0 bridgehead atoms. The summed E-state index contributed by atoms with van der Waals surface area (Å²) in [4.78, 5) is 18.6. The molecule has 0 aliphatic carbocycles.